The Balaban J connectivity index is 2.45. The molecule has 0 amide bonds. The Morgan fingerprint density at radius 3 is 3.00 bits per heavy atom. The van der Waals surface area contributed by atoms with Gasteiger partial charge in [-0.1, -0.05) is 0 Å². The molecule has 0 atom stereocenters. The van der Waals surface area contributed by atoms with Crippen molar-refractivity contribution >= 4 is 11.5 Å². The van der Waals surface area contributed by atoms with E-state index in [0.717, 1.165) is 12.4 Å². The molecular formula is C7H14N4O. The summed E-state index contributed by atoms with van der Waals surface area (Å²) in [6.45, 7) is 1.37. The van der Waals surface area contributed by atoms with E-state index in [9.17, 15) is 0 Å². The lowest BCUT2D eigenvalue weighted by molar-refractivity contribution is 0.210. The van der Waals surface area contributed by atoms with E-state index < -0.39 is 0 Å². The van der Waals surface area contributed by atoms with E-state index in [2.05, 4.69) is 10.4 Å². The van der Waals surface area contributed by atoms with Gasteiger partial charge in [-0.2, -0.15) is 5.10 Å². The van der Waals surface area contributed by atoms with Gasteiger partial charge in [0.1, 0.15) is 0 Å². The van der Waals surface area contributed by atoms with Crippen LogP contribution in [0.2, 0.25) is 0 Å². The first-order chi connectivity index (χ1) is 5.74. The molecular weight excluding hydrogens is 156 g/mol. The topological polar surface area (TPSA) is 65.1 Å². The van der Waals surface area contributed by atoms with Gasteiger partial charge in [0.25, 0.3) is 0 Å². The molecule has 68 valence electrons. The van der Waals surface area contributed by atoms with Crippen LogP contribution in [0.1, 0.15) is 0 Å². The molecule has 0 spiro atoms. The van der Waals surface area contributed by atoms with Crippen LogP contribution in [-0.4, -0.2) is 30.0 Å². The number of ether oxygens (including phenoxy) is 1. The van der Waals surface area contributed by atoms with Gasteiger partial charge in [-0.3, -0.25) is 4.68 Å². The van der Waals surface area contributed by atoms with E-state index in [1.807, 2.05) is 7.05 Å². The third-order valence-electron chi connectivity index (χ3n) is 1.46. The highest BCUT2D eigenvalue weighted by Gasteiger charge is 2.01. The van der Waals surface area contributed by atoms with E-state index in [-0.39, 0.29) is 0 Å². The molecule has 12 heavy (non-hydrogen) atoms. The number of methoxy groups -OCH3 is 1. The van der Waals surface area contributed by atoms with E-state index in [1.165, 1.54) is 0 Å². The minimum atomic E-state index is 0.649. The monoisotopic (exact) mass is 170 g/mol. The molecule has 1 heterocycles. The Morgan fingerprint density at radius 2 is 2.50 bits per heavy atom. The first kappa shape index (κ1) is 8.86. The van der Waals surface area contributed by atoms with Gasteiger partial charge in [0.05, 0.1) is 12.3 Å². The Hall–Kier alpha value is -1.23. The third-order valence-corrected chi connectivity index (χ3v) is 1.46. The predicted molar refractivity (Wildman–Crippen MR) is 48.0 cm³/mol. The summed E-state index contributed by atoms with van der Waals surface area (Å²) in [6.07, 6.45) is 1.76. The molecule has 0 unspecified atom stereocenters. The molecule has 0 fully saturated rings. The van der Waals surface area contributed by atoms with Gasteiger partial charge >= 0.3 is 0 Å². The van der Waals surface area contributed by atoms with E-state index in [0.29, 0.717) is 12.3 Å². The minimum Gasteiger partial charge on any atom is -0.394 e. The fourth-order valence-corrected chi connectivity index (χ4v) is 0.916. The second-order valence-corrected chi connectivity index (χ2v) is 2.53. The maximum Gasteiger partial charge on any atom is 0.171 e. The highest BCUT2D eigenvalue weighted by atomic mass is 16.5. The largest absolute Gasteiger partial charge is 0.394 e. The number of hydrogen-bond acceptors (Lipinski definition) is 4. The van der Waals surface area contributed by atoms with Gasteiger partial charge in [0.15, 0.2) is 5.82 Å². The molecule has 1 aromatic rings. The summed E-state index contributed by atoms with van der Waals surface area (Å²) < 4.78 is 6.54. The van der Waals surface area contributed by atoms with Crippen molar-refractivity contribution in [3.8, 4) is 0 Å². The van der Waals surface area contributed by atoms with Gasteiger partial charge in [-0.05, 0) is 0 Å². The Kier molecular flexibility index (Phi) is 2.93. The highest BCUT2D eigenvalue weighted by molar-refractivity contribution is 5.59. The third kappa shape index (κ3) is 2.13. The van der Waals surface area contributed by atoms with Gasteiger partial charge in [0.2, 0.25) is 0 Å². The molecule has 0 saturated heterocycles. The quantitative estimate of drug-likeness (QED) is 0.627. The second kappa shape index (κ2) is 3.96. The van der Waals surface area contributed by atoms with Crippen molar-refractivity contribution < 1.29 is 4.74 Å². The van der Waals surface area contributed by atoms with Crippen molar-refractivity contribution in [3.63, 3.8) is 0 Å². The first-order valence-electron chi connectivity index (χ1n) is 3.76. The number of hydrogen-bond donors (Lipinski definition) is 2. The Morgan fingerprint density at radius 1 is 1.75 bits per heavy atom. The molecule has 0 saturated carbocycles. The van der Waals surface area contributed by atoms with Crippen LogP contribution in [0, 0.1) is 0 Å². The maximum absolute atomic E-state index is 5.64. The number of rotatable bonds is 4. The van der Waals surface area contributed by atoms with Crippen LogP contribution in [0.3, 0.4) is 0 Å². The number of aryl methyl sites for hydroxylation is 1. The number of nitrogens with zero attached hydrogens (tertiary/aromatic N) is 2. The summed E-state index contributed by atoms with van der Waals surface area (Å²) in [5.74, 6) is 0.717. The minimum absolute atomic E-state index is 0.649. The van der Waals surface area contributed by atoms with Crippen LogP contribution in [-0.2, 0) is 11.8 Å². The van der Waals surface area contributed by atoms with Gasteiger partial charge in [-0.15, -0.1) is 0 Å². The molecule has 1 rings (SSSR count). The normalized spacial score (nSPS) is 10.2. The van der Waals surface area contributed by atoms with Crippen molar-refractivity contribution in [1.29, 1.82) is 0 Å². The van der Waals surface area contributed by atoms with Gasteiger partial charge in [-0.25, -0.2) is 0 Å². The lowest BCUT2D eigenvalue weighted by Gasteiger charge is -2.01. The standard InChI is InChI=1S/C7H14N4O/c1-11-5-6(8)7(10-11)9-3-4-12-2/h5H,3-4,8H2,1-2H3,(H,9,10). The lowest BCUT2D eigenvalue weighted by atomic mass is 10.5. The molecule has 0 bridgehead atoms. The highest BCUT2D eigenvalue weighted by Crippen LogP contribution is 2.13. The van der Waals surface area contributed by atoms with Crippen LogP contribution in [0.5, 0.6) is 0 Å². The number of nitrogen functional groups attached to an aromatic ring is 1. The zero-order valence-electron chi connectivity index (χ0n) is 7.37. The van der Waals surface area contributed by atoms with Crippen molar-refractivity contribution in [2.75, 3.05) is 31.3 Å². The lowest BCUT2D eigenvalue weighted by Crippen LogP contribution is -2.09. The van der Waals surface area contributed by atoms with Crippen LogP contribution >= 0.6 is 0 Å². The molecule has 1 aromatic heterocycles. The summed E-state index contributed by atoms with van der Waals surface area (Å²) in [5.41, 5.74) is 6.30. The zero-order valence-corrected chi connectivity index (χ0v) is 7.37. The van der Waals surface area contributed by atoms with E-state index in [1.54, 1.807) is 18.0 Å². The van der Waals surface area contributed by atoms with Crippen molar-refractivity contribution in [2.45, 2.75) is 0 Å². The average Bonchev–Trinajstić information content (AvgIpc) is 2.31. The summed E-state index contributed by atoms with van der Waals surface area (Å²) in [5, 5.41) is 7.16. The van der Waals surface area contributed by atoms with Gasteiger partial charge < -0.3 is 15.8 Å². The summed E-state index contributed by atoms with van der Waals surface area (Å²) in [7, 11) is 3.49. The molecule has 0 aromatic carbocycles. The van der Waals surface area contributed by atoms with Crippen LogP contribution < -0.4 is 11.1 Å². The van der Waals surface area contributed by atoms with Crippen molar-refractivity contribution in [1.82, 2.24) is 9.78 Å². The molecule has 0 aliphatic rings. The predicted octanol–water partition coefficient (Wildman–Crippen LogP) is 0.0606. The molecule has 5 heteroatoms. The van der Waals surface area contributed by atoms with Crippen LogP contribution in [0.15, 0.2) is 6.20 Å². The molecule has 0 radical (unpaired) electrons. The van der Waals surface area contributed by atoms with Crippen molar-refractivity contribution in [2.24, 2.45) is 7.05 Å². The SMILES string of the molecule is COCCNc1nn(C)cc1N. The Labute approximate surface area is 71.5 Å². The zero-order chi connectivity index (χ0) is 8.97. The Bertz CT molecular complexity index is 246. The average molecular weight is 170 g/mol. The fourth-order valence-electron chi connectivity index (χ4n) is 0.916. The first-order valence-corrected chi connectivity index (χ1v) is 3.76. The summed E-state index contributed by atoms with van der Waals surface area (Å²) in [4.78, 5) is 0. The van der Waals surface area contributed by atoms with Crippen molar-refractivity contribution in [3.05, 3.63) is 6.20 Å². The summed E-state index contributed by atoms with van der Waals surface area (Å²) >= 11 is 0. The molecule has 0 aliphatic carbocycles. The van der Waals surface area contributed by atoms with Gasteiger partial charge in [0, 0.05) is 26.9 Å². The van der Waals surface area contributed by atoms with Crippen LogP contribution in [0.4, 0.5) is 11.5 Å². The fraction of sp³-hybridized carbons (Fsp3) is 0.571. The second-order valence-electron chi connectivity index (χ2n) is 2.53. The van der Waals surface area contributed by atoms with E-state index in [4.69, 9.17) is 10.5 Å². The molecule has 0 aliphatic heterocycles. The maximum atomic E-state index is 5.64. The number of aromatic nitrogens is 2. The number of nitrogens with two attached hydrogens (primary N) is 1. The molecule has 3 N–H and O–H groups in total. The summed E-state index contributed by atoms with van der Waals surface area (Å²) in [6, 6.07) is 0. The number of nitrogens with one attached hydrogen (secondary N) is 1. The number of anilines is 2. The van der Waals surface area contributed by atoms with Crippen LogP contribution in [0.25, 0.3) is 0 Å². The van der Waals surface area contributed by atoms with E-state index >= 15 is 0 Å². The molecule has 5 nitrogen and oxygen atoms in total. The smallest absolute Gasteiger partial charge is 0.171 e.